The average molecular weight is 125 g/mol. The summed E-state index contributed by atoms with van der Waals surface area (Å²) in [6, 6.07) is 0. The third-order valence-corrected chi connectivity index (χ3v) is 1.01. The van der Waals surface area contributed by atoms with Crippen LogP contribution in [0.4, 0.5) is 0 Å². The highest BCUT2D eigenvalue weighted by Gasteiger charge is 1.85. The molecule has 9 heavy (non-hydrogen) atoms. The van der Waals surface area contributed by atoms with E-state index in [0.29, 0.717) is 0 Å². The largest absolute Gasteiger partial charge is 0.297 e. The lowest BCUT2D eigenvalue weighted by atomic mass is 10.1. The van der Waals surface area contributed by atoms with Crippen molar-refractivity contribution in [2.75, 3.05) is 6.54 Å². The molecule has 0 rings (SSSR count). The van der Waals surface area contributed by atoms with Crippen LogP contribution in [-0.2, 0) is 0 Å². The van der Waals surface area contributed by atoms with E-state index < -0.39 is 0 Å². The van der Waals surface area contributed by atoms with E-state index >= 15 is 0 Å². The molecule has 0 amide bonds. The highest BCUT2D eigenvalue weighted by atomic mass is 14.6. The molecule has 1 nitrogen and oxygen atoms in total. The van der Waals surface area contributed by atoms with Crippen LogP contribution in [0.1, 0.15) is 20.3 Å². The van der Waals surface area contributed by atoms with Crippen molar-refractivity contribution < 1.29 is 0 Å². The molecule has 0 unspecified atom stereocenters. The van der Waals surface area contributed by atoms with Crippen LogP contribution >= 0.6 is 0 Å². The molecular formula is C8H15N. The van der Waals surface area contributed by atoms with Gasteiger partial charge in [-0.1, -0.05) is 26.0 Å². The summed E-state index contributed by atoms with van der Waals surface area (Å²) in [6.45, 7) is 8.53. The van der Waals surface area contributed by atoms with Crippen LogP contribution in [0.3, 0.4) is 0 Å². The normalized spacial score (nSPS) is 11.0. The first kappa shape index (κ1) is 8.41. The Hall–Kier alpha value is -0.590. The molecule has 0 saturated heterocycles. The standard InChI is InChI=1S/C8H15N/c1-8(2)6-4-5-7-9-3/h4-5,8H,3,6-7H2,1-2H3. The number of hydrogen-bond donors (Lipinski definition) is 0. The number of nitrogens with zero attached hydrogens (tertiary/aromatic N) is 1. The van der Waals surface area contributed by atoms with Crippen molar-refractivity contribution in [2.45, 2.75) is 20.3 Å². The second-order valence-corrected chi connectivity index (χ2v) is 2.51. The molecular weight excluding hydrogens is 110 g/mol. The Bertz CT molecular complexity index is 92.7. The lowest BCUT2D eigenvalue weighted by Gasteiger charge is -1.94. The molecule has 0 spiro atoms. The summed E-state index contributed by atoms with van der Waals surface area (Å²) in [5.74, 6) is 0.756. The molecule has 0 aliphatic rings. The summed E-state index contributed by atoms with van der Waals surface area (Å²) in [4.78, 5) is 3.70. The molecule has 0 saturated carbocycles. The Morgan fingerprint density at radius 2 is 2.11 bits per heavy atom. The molecule has 0 aliphatic carbocycles. The molecule has 0 aliphatic heterocycles. The number of hydrogen-bond acceptors (Lipinski definition) is 1. The highest BCUT2D eigenvalue weighted by molar-refractivity contribution is 5.23. The van der Waals surface area contributed by atoms with E-state index in [-0.39, 0.29) is 0 Å². The average Bonchev–Trinajstić information content (AvgIpc) is 1.80. The van der Waals surface area contributed by atoms with Gasteiger partial charge in [-0.05, 0) is 19.1 Å². The molecule has 0 fully saturated rings. The SMILES string of the molecule is C=NCC=CCC(C)C. The van der Waals surface area contributed by atoms with Crippen molar-refractivity contribution in [3.8, 4) is 0 Å². The van der Waals surface area contributed by atoms with Crippen LogP contribution in [0.5, 0.6) is 0 Å². The summed E-state index contributed by atoms with van der Waals surface area (Å²) >= 11 is 0. The minimum Gasteiger partial charge on any atom is -0.297 e. The monoisotopic (exact) mass is 125 g/mol. The van der Waals surface area contributed by atoms with Gasteiger partial charge in [-0.15, -0.1) is 0 Å². The van der Waals surface area contributed by atoms with Crippen molar-refractivity contribution in [1.82, 2.24) is 0 Å². The quantitative estimate of drug-likeness (QED) is 0.404. The predicted molar refractivity (Wildman–Crippen MR) is 43.0 cm³/mol. The Kier molecular flexibility index (Phi) is 5.18. The second-order valence-electron chi connectivity index (χ2n) is 2.51. The Labute approximate surface area is 57.5 Å². The van der Waals surface area contributed by atoms with Gasteiger partial charge in [0.05, 0.1) is 6.54 Å². The Morgan fingerprint density at radius 1 is 1.44 bits per heavy atom. The Balaban J connectivity index is 3.14. The van der Waals surface area contributed by atoms with Crippen LogP contribution in [0, 0.1) is 5.92 Å². The van der Waals surface area contributed by atoms with E-state index in [1.165, 1.54) is 0 Å². The first-order valence-corrected chi connectivity index (χ1v) is 3.35. The van der Waals surface area contributed by atoms with Crippen molar-refractivity contribution in [2.24, 2.45) is 10.9 Å². The zero-order valence-electron chi connectivity index (χ0n) is 6.30. The molecule has 0 radical (unpaired) electrons. The molecule has 0 atom stereocenters. The minimum atomic E-state index is 0.756. The summed E-state index contributed by atoms with van der Waals surface area (Å²) in [5, 5.41) is 0. The number of aliphatic imine (C=N–C) groups is 1. The summed E-state index contributed by atoms with van der Waals surface area (Å²) in [5.41, 5.74) is 0. The van der Waals surface area contributed by atoms with Gasteiger partial charge in [0.1, 0.15) is 0 Å². The van der Waals surface area contributed by atoms with Crippen molar-refractivity contribution in [1.29, 1.82) is 0 Å². The van der Waals surface area contributed by atoms with Crippen molar-refractivity contribution in [3.63, 3.8) is 0 Å². The zero-order valence-corrected chi connectivity index (χ0v) is 6.30. The van der Waals surface area contributed by atoms with Gasteiger partial charge in [0.15, 0.2) is 0 Å². The summed E-state index contributed by atoms with van der Waals surface area (Å²) in [6.07, 6.45) is 5.35. The molecule has 0 aromatic carbocycles. The fourth-order valence-corrected chi connectivity index (χ4v) is 0.517. The minimum absolute atomic E-state index is 0.756. The van der Waals surface area contributed by atoms with Crippen LogP contribution in [0.2, 0.25) is 0 Å². The number of allylic oxidation sites excluding steroid dienone is 1. The second kappa shape index (κ2) is 5.54. The maximum absolute atomic E-state index is 3.70. The Morgan fingerprint density at radius 3 is 2.56 bits per heavy atom. The highest BCUT2D eigenvalue weighted by Crippen LogP contribution is 1.98. The van der Waals surface area contributed by atoms with Crippen LogP contribution in [-0.4, -0.2) is 13.3 Å². The van der Waals surface area contributed by atoms with Gasteiger partial charge in [0.2, 0.25) is 0 Å². The van der Waals surface area contributed by atoms with Crippen molar-refractivity contribution in [3.05, 3.63) is 12.2 Å². The topological polar surface area (TPSA) is 12.4 Å². The molecule has 0 N–H and O–H groups in total. The summed E-state index contributed by atoms with van der Waals surface area (Å²) < 4.78 is 0. The van der Waals surface area contributed by atoms with Gasteiger partial charge < -0.3 is 0 Å². The molecule has 52 valence electrons. The first-order valence-electron chi connectivity index (χ1n) is 3.35. The fraction of sp³-hybridized carbons (Fsp3) is 0.625. The molecule has 0 aromatic heterocycles. The van der Waals surface area contributed by atoms with E-state index in [1.807, 2.05) is 6.08 Å². The van der Waals surface area contributed by atoms with E-state index in [2.05, 4.69) is 31.6 Å². The smallest absolute Gasteiger partial charge is 0.0563 e. The van der Waals surface area contributed by atoms with E-state index in [1.54, 1.807) is 0 Å². The van der Waals surface area contributed by atoms with Crippen LogP contribution in [0.25, 0.3) is 0 Å². The zero-order chi connectivity index (χ0) is 7.11. The van der Waals surface area contributed by atoms with Gasteiger partial charge in [-0.25, -0.2) is 0 Å². The first-order chi connectivity index (χ1) is 4.27. The van der Waals surface area contributed by atoms with E-state index in [9.17, 15) is 0 Å². The van der Waals surface area contributed by atoms with Crippen molar-refractivity contribution >= 4 is 6.72 Å². The van der Waals surface area contributed by atoms with Gasteiger partial charge in [-0.2, -0.15) is 0 Å². The maximum atomic E-state index is 3.70. The third-order valence-electron chi connectivity index (χ3n) is 1.01. The van der Waals surface area contributed by atoms with Crippen LogP contribution < -0.4 is 0 Å². The molecule has 0 aromatic rings. The van der Waals surface area contributed by atoms with Gasteiger partial charge in [0, 0.05) is 0 Å². The third kappa shape index (κ3) is 7.41. The van der Waals surface area contributed by atoms with Gasteiger partial charge >= 0.3 is 0 Å². The molecule has 0 bridgehead atoms. The van der Waals surface area contributed by atoms with Gasteiger partial charge in [-0.3, -0.25) is 4.99 Å². The van der Waals surface area contributed by atoms with Gasteiger partial charge in [0.25, 0.3) is 0 Å². The van der Waals surface area contributed by atoms with E-state index in [0.717, 1.165) is 18.9 Å². The van der Waals surface area contributed by atoms with Crippen LogP contribution in [0.15, 0.2) is 17.1 Å². The maximum Gasteiger partial charge on any atom is 0.0563 e. The summed E-state index contributed by atoms with van der Waals surface area (Å²) in [7, 11) is 0. The molecule has 0 heterocycles. The molecule has 1 heteroatoms. The number of rotatable bonds is 4. The lowest BCUT2D eigenvalue weighted by molar-refractivity contribution is 0.663. The predicted octanol–water partition coefficient (Wildman–Crippen LogP) is 2.29. The fourth-order valence-electron chi connectivity index (χ4n) is 0.517. The van der Waals surface area contributed by atoms with E-state index in [4.69, 9.17) is 0 Å². The lowest BCUT2D eigenvalue weighted by Crippen LogP contribution is -1.81.